The molecule has 1 saturated heterocycles. The number of nitrogens with two attached hydrogens (primary N) is 1. The largest absolute Gasteiger partial charge is 0.375 e. The van der Waals surface area contributed by atoms with E-state index < -0.39 is 6.03 Å². The zero-order valence-corrected chi connectivity index (χ0v) is 12.8. The van der Waals surface area contributed by atoms with Crippen LogP contribution in [0.2, 0.25) is 0 Å². The van der Waals surface area contributed by atoms with Crippen molar-refractivity contribution in [3.63, 3.8) is 0 Å². The van der Waals surface area contributed by atoms with Gasteiger partial charge >= 0.3 is 6.03 Å². The van der Waals surface area contributed by atoms with Crippen LogP contribution in [0.15, 0.2) is 24.3 Å². The molecule has 0 saturated carbocycles. The van der Waals surface area contributed by atoms with Gasteiger partial charge in [0.05, 0.1) is 18.8 Å². The van der Waals surface area contributed by atoms with Gasteiger partial charge in [-0.25, -0.2) is 4.79 Å². The van der Waals surface area contributed by atoms with Crippen LogP contribution in [0.5, 0.6) is 0 Å². The van der Waals surface area contributed by atoms with Crippen LogP contribution < -0.4 is 21.7 Å². The number of ether oxygens (including phenoxy) is 1. The fourth-order valence-electron chi connectivity index (χ4n) is 2.41. The summed E-state index contributed by atoms with van der Waals surface area (Å²) in [6, 6.07) is 6.07. The maximum absolute atomic E-state index is 12.3. The molecule has 5 N–H and O–H groups in total. The highest BCUT2D eigenvalue weighted by atomic mass is 16.5. The number of hydrogen-bond donors (Lipinski definition) is 4. The van der Waals surface area contributed by atoms with E-state index in [2.05, 4.69) is 16.0 Å². The minimum absolute atomic E-state index is 0.0842. The molecular formula is C15H22N4O3. The molecule has 0 aliphatic carbocycles. The van der Waals surface area contributed by atoms with E-state index in [-0.39, 0.29) is 24.1 Å². The fraction of sp³-hybridized carbons (Fsp3) is 0.467. The topological polar surface area (TPSA) is 105 Å². The Morgan fingerprint density at radius 2 is 2.05 bits per heavy atom. The van der Waals surface area contributed by atoms with Gasteiger partial charge < -0.3 is 26.4 Å². The summed E-state index contributed by atoms with van der Waals surface area (Å²) in [5.41, 5.74) is 6.61. The number of morpholine rings is 1. The Morgan fingerprint density at radius 3 is 2.64 bits per heavy atom. The third-order valence-electron chi connectivity index (χ3n) is 3.64. The highest BCUT2D eigenvalue weighted by molar-refractivity contribution is 5.87. The van der Waals surface area contributed by atoms with Crippen LogP contribution >= 0.6 is 0 Å². The maximum Gasteiger partial charge on any atom is 0.316 e. The Morgan fingerprint density at radius 1 is 1.36 bits per heavy atom. The lowest BCUT2D eigenvalue weighted by Crippen LogP contribution is -2.55. The molecule has 1 aromatic carbocycles. The molecule has 120 valence electrons. The first kappa shape index (κ1) is 16.3. The standard InChI is InChI=1S/C15H22N4O3/c1-9(11-3-5-12(6-4-11)19-15(16)21)18-14(20)13-10(2)22-8-7-17-13/h3-6,9-10,13,17H,7-8H2,1-2H3,(H,18,20)(H3,16,19,21)/t9?,10-,13+/m1/s1. The van der Waals surface area contributed by atoms with E-state index in [1.165, 1.54) is 0 Å². The van der Waals surface area contributed by atoms with Gasteiger partial charge in [-0.05, 0) is 31.5 Å². The highest BCUT2D eigenvalue weighted by Crippen LogP contribution is 2.16. The summed E-state index contributed by atoms with van der Waals surface area (Å²) in [5.74, 6) is -0.0842. The SMILES string of the molecule is CC(NC(=O)[C@H]1NCCO[C@@H]1C)c1ccc(NC(N)=O)cc1. The smallest absolute Gasteiger partial charge is 0.316 e. The summed E-state index contributed by atoms with van der Waals surface area (Å²) < 4.78 is 5.48. The van der Waals surface area contributed by atoms with Gasteiger partial charge in [-0.2, -0.15) is 0 Å². The Balaban J connectivity index is 1.94. The van der Waals surface area contributed by atoms with E-state index in [4.69, 9.17) is 10.5 Å². The van der Waals surface area contributed by atoms with Crippen molar-refractivity contribution in [1.82, 2.24) is 10.6 Å². The third kappa shape index (κ3) is 4.19. The molecule has 0 aromatic heterocycles. The number of amides is 3. The van der Waals surface area contributed by atoms with Crippen LogP contribution in [0, 0.1) is 0 Å². The molecular weight excluding hydrogens is 284 g/mol. The minimum Gasteiger partial charge on any atom is -0.375 e. The molecule has 3 amide bonds. The van der Waals surface area contributed by atoms with Crippen LogP contribution in [-0.2, 0) is 9.53 Å². The number of hydrogen-bond acceptors (Lipinski definition) is 4. The van der Waals surface area contributed by atoms with Gasteiger partial charge in [0, 0.05) is 12.2 Å². The number of carbonyl (C=O) groups is 2. The average Bonchev–Trinajstić information content (AvgIpc) is 2.47. The minimum atomic E-state index is -0.605. The van der Waals surface area contributed by atoms with E-state index in [0.717, 1.165) is 5.56 Å². The predicted octanol–water partition coefficient (Wildman–Crippen LogP) is 0.731. The van der Waals surface area contributed by atoms with Gasteiger partial charge in [0.15, 0.2) is 0 Å². The van der Waals surface area contributed by atoms with Crippen LogP contribution in [0.4, 0.5) is 10.5 Å². The van der Waals surface area contributed by atoms with E-state index in [0.29, 0.717) is 18.8 Å². The number of urea groups is 1. The summed E-state index contributed by atoms with van der Waals surface area (Å²) in [6.45, 7) is 5.08. The van der Waals surface area contributed by atoms with E-state index in [9.17, 15) is 9.59 Å². The van der Waals surface area contributed by atoms with Gasteiger partial charge in [-0.15, -0.1) is 0 Å². The first-order valence-electron chi connectivity index (χ1n) is 7.29. The van der Waals surface area contributed by atoms with Crippen molar-refractivity contribution in [3.05, 3.63) is 29.8 Å². The number of carbonyl (C=O) groups excluding carboxylic acids is 2. The van der Waals surface area contributed by atoms with Crippen molar-refractivity contribution < 1.29 is 14.3 Å². The molecule has 0 bridgehead atoms. The summed E-state index contributed by atoms with van der Waals surface area (Å²) in [6.07, 6.45) is -0.150. The number of rotatable bonds is 4. The molecule has 1 fully saturated rings. The lowest BCUT2D eigenvalue weighted by Gasteiger charge is -2.30. The number of nitrogens with one attached hydrogen (secondary N) is 3. The molecule has 1 aliphatic heterocycles. The van der Waals surface area contributed by atoms with Gasteiger partial charge in [0.2, 0.25) is 5.91 Å². The molecule has 1 aromatic rings. The Labute approximate surface area is 129 Å². The van der Waals surface area contributed by atoms with Crippen molar-refractivity contribution in [2.45, 2.75) is 32.0 Å². The maximum atomic E-state index is 12.3. The molecule has 1 heterocycles. The molecule has 3 atom stereocenters. The molecule has 2 rings (SSSR count). The van der Waals surface area contributed by atoms with Crippen LogP contribution in [-0.4, -0.2) is 37.2 Å². The van der Waals surface area contributed by atoms with Crippen molar-refractivity contribution in [3.8, 4) is 0 Å². The molecule has 7 heteroatoms. The van der Waals surface area contributed by atoms with E-state index >= 15 is 0 Å². The lowest BCUT2D eigenvalue weighted by molar-refractivity contribution is -0.129. The molecule has 1 aliphatic rings. The van der Waals surface area contributed by atoms with Gasteiger partial charge in [0.1, 0.15) is 6.04 Å². The summed E-state index contributed by atoms with van der Waals surface area (Å²) in [4.78, 5) is 23.1. The average molecular weight is 306 g/mol. The van der Waals surface area contributed by atoms with Crippen molar-refractivity contribution in [1.29, 1.82) is 0 Å². The second-order valence-corrected chi connectivity index (χ2v) is 5.35. The third-order valence-corrected chi connectivity index (χ3v) is 3.64. The summed E-state index contributed by atoms with van der Waals surface area (Å²) in [5, 5.41) is 8.61. The van der Waals surface area contributed by atoms with Crippen LogP contribution in [0.3, 0.4) is 0 Å². The van der Waals surface area contributed by atoms with Crippen molar-refractivity contribution in [2.24, 2.45) is 5.73 Å². The second kappa shape index (κ2) is 7.24. The zero-order valence-electron chi connectivity index (χ0n) is 12.8. The van der Waals surface area contributed by atoms with E-state index in [1.54, 1.807) is 12.1 Å². The second-order valence-electron chi connectivity index (χ2n) is 5.35. The monoisotopic (exact) mass is 306 g/mol. The lowest BCUT2D eigenvalue weighted by atomic mass is 10.1. The first-order valence-corrected chi connectivity index (χ1v) is 7.29. The molecule has 22 heavy (non-hydrogen) atoms. The molecule has 0 radical (unpaired) electrons. The first-order chi connectivity index (χ1) is 10.5. The Hall–Kier alpha value is -2.12. The van der Waals surface area contributed by atoms with Gasteiger partial charge in [-0.1, -0.05) is 12.1 Å². The van der Waals surface area contributed by atoms with Crippen LogP contribution in [0.1, 0.15) is 25.5 Å². The molecule has 7 nitrogen and oxygen atoms in total. The van der Waals surface area contributed by atoms with Crippen LogP contribution in [0.25, 0.3) is 0 Å². The molecule has 0 spiro atoms. The van der Waals surface area contributed by atoms with E-state index in [1.807, 2.05) is 26.0 Å². The van der Waals surface area contributed by atoms with Crippen molar-refractivity contribution >= 4 is 17.6 Å². The zero-order chi connectivity index (χ0) is 16.1. The normalized spacial score (nSPS) is 22.6. The highest BCUT2D eigenvalue weighted by Gasteiger charge is 2.29. The predicted molar refractivity (Wildman–Crippen MR) is 83.4 cm³/mol. The van der Waals surface area contributed by atoms with Crippen molar-refractivity contribution in [2.75, 3.05) is 18.5 Å². The molecule has 1 unspecified atom stereocenters. The quantitative estimate of drug-likeness (QED) is 0.658. The van der Waals surface area contributed by atoms with Gasteiger partial charge in [-0.3, -0.25) is 4.79 Å². The summed E-state index contributed by atoms with van der Waals surface area (Å²) >= 11 is 0. The number of benzene rings is 1. The number of primary amides is 1. The Bertz CT molecular complexity index is 532. The summed E-state index contributed by atoms with van der Waals surface area (Å²) in [7, 11) is 0. The Kier molecular flexibility index (Phi) is 5.35. The fourth-order valence-corrected chi connectivity index (χ4v) is 2.41. The van der Waals surface area contributed by atoms with Gasteiger partial charge in [0.25, 0.3) is 0 Å². The number of anilines is 1.